The maximum absolute atomic E-state index is 13.2. The van der Waals surface area contributed by atoms with Gasteiger partial charge in [0.1, 0.15) is 18.1 Å². The van der Waals surface area contributed by atoms with E-state index in [9.17, 15) is 14.0 Å². The van der Waals surface area contributed by atoms with Gasteiger partial charge in [0.05, 0.1) is 24.2 Å². The number of carbonyl (C=O) groups is 2. The number of nitrogens with zero attached hydrogens (tertiary/aromatic N) is 2. The van der Waals surface area contributed by atoms with Crippen LogP contribution in [0.25, 0.3) is 16.7 Å². The summed E-state index contributed by atoms with van der Waals surface area (Å²) < 4.78 is 26.6. The summed E-state index contributed by atoms with van der Waals surface area (Å²) in [6.07, 6.45) is 1.51. The van der Waals surface area contributed by atoms with Gasteiger partial charge in [-0.2, -0.15) is 0 Å². The molecule has 0 spiro atoms. The highest BCUT2D eigenvalue weighted by atomic mass is 19.1. The number of methoxy groups -OCH3 is 1. The van der Waals surface area contributed by atoms with E-state index >= 15 is 0 Å². The molecule has 7 heteroatoms. The normalized spacial score (nSPS) is 11.1. The summed E-state index contributed by atoms with van der Waals surface area (Å²) >= 11 is 0. The van der Waals surface area contributed by atoms with Gasteiger partial charge in [-0.05, 0) is 50.2 Å². The molecule has 0 aliphatic heterocycles. The molecule has 0 radical (unpaired) electrons. The van der Waals surface area contributed by atoms with Crippen molar-refractivity contribution in [2.45, 2.75) is 26.5 Å². The van der Waals surface area contributed by atoms with Crippen LogP contribution in [0.4, 0.5) is 4.39 Å². The summed E-state index contributed by atoms with van der Waals surface area (Å²) in [6.45, 7) is 3.39. The lowest BCUT2D eigenvalue weighted by atomic mass is 10.3. The van der Waals surface area contributed by atoms with Crippen molar-refractivity contribution in [3.05, 3.63) is 54.1 Å². The molecule has 0 saturated carbocycles. The fourth-order valence-corrected chi connectivity index (χ4v) is 2.78. The first kappa shape index (κ1) is 17.7. The van der Waals surface area contributed by atoms with E-state index in [4.69, 9.17) is 9.47 Å². The van der Waals surface area contributed by atoms with Gasteiger partial charge in [-0.25, -0.2) is 9.18 Å². The molecule has 0 unspecified atom stereocenters. The van der Waals surface area contributed by atoms with Crippen LogP contribution >= 0.6 is 0 Å². The Morgan fingerprint density at radius 3 is 2.42 bits per heavy atom. The first-order valence-corrected chi connectivity index (χ1v) is 8.15. The lowest BCUT2D eigenvalue weighted by molar-refractivity contribution is -0.141. The van der Waals surface area contributed by atoms with Gasteiger partial charge in [0, 0.05) is 11.9 Å². The van der Waals surface area contributed by atoms with Crippen LogP contribution in [0.15, 0.2) is 42.6 Å². The highest BCUT2D eigenvalue weighted by Crippen LogP contribution is 2.26. The van der Waals surface area contributed by atoms with E-state index in [2.05, 4.69) is 0 Å². The monoisotopic (exact) mass is 358 g/mol. The van der Waals surface area contributed by atoms with Gasteiger partial charge in [-0.1, -0.05) is 0 Å². The molecule has 3 aromatic rings. The Labute approximate surface area is 149 Å². The van der Waals surface area contributed by atoms with E-state index in [1.807, 2.05) is 4.57 Å². The molecular formula is C19H19FN2O4. The summed E-state index contributed by atoms with van der Waals surface area (Å²) in [4.78, 5) is 24.2. The number of ether oxygens (including phenoxy) is 2. The second-order valence-electron chi connectivity index (χ2n) is 6.08. The number of halogens is 1. The van der Waals surface area contributed by atoms with E-state index < -0.39 is 11.9 Å². The smallest absolute Gasteiger partial charge is 0.355 e. The number of aromatic nitrogens is 2. The van der Waals surface area contributed by atoms with Gasteiger partial charge in [-0.15, -0.1) is 0 Å². The average Bonchev–Trinajstić information content (AvgIpc) is 3.15. The van der Waals surface area contributed by atoms with Gasteiger partial charge in [0.15, 0.2) is 0 Å². The maximum atomic E-state index is 13.2. The summed E-state index contributed by atoms with van der Waals surface area (Å²) in [5.74, 6) is -1.33. The summed E-state index contributed by atoms with van der Waals surface area (Å²) in [6, 6.07) is 9.44. The Bertz CT molecular complexity index is 954. The van der Waals surface area contributed by atoms with Crippen molar-refractivity contribution in [2.24, 2.45) is 0 Å². The van der Waals surface area contributed by atoms with Crippen molar-refractivity contribution in [3.63, 3.8) is 0 Å². The third-order valence-corrected chi connectivity index (χ3v) is 3.93. The Morgan fingerprint density at radius 1 is 1.12 bits per heavy atom. The molecule has 6 nitrogen and oxygen atoms in total. The first-order valence-electron chi connectivity index (χ1n) is 8.15. The standard InChI is InChI=1S/C19H19FN2O4/c1-12(2)26-19(24)17-10-16-15(22(17)11-18(23)25-3)8-9-21(16)14-6-4-13(20)5-7-14/h4-10,12H,11H2,1-3H3. The number of carbonyl (C=O) groups excluding carboxylic acids is 2. The van der Waals surface area contributed by atoms with Gasteiger partial charge in [-0.3, -0.25) is 4.79 Å². The van der Waals surface area contributed by atoms with Gasteiger partial charge in [0.25, 0.3) is 0 Å². The largest absolute Gasteiger partial charge is 0.468 e. The van der Waals surface area contributed by atoms with Crippen LogP contribution in [0, 0.1) is 5.82 Å². The maximum Gasteiger partial charge on any atom is 0.355 e. The van der Waals surface area contributed by atoms with E-state index in [0.29, 0.717) is 11.0 Å². The summed E-state index contributed by atoms with van der Waals surface area (Å²) in [5.41, 5.74) is 2.37. The van der Waals surface area contributed by atoms with Crippen molar-refractivity contribution in [1.29, 1.82) is 0 Å². The van der Waals surface area contributed by atoms with Gasteiger partial charge < -0.3 is 18.6 Å². The van der Waals surface area contributed by atoms with E-state index in [1.54, 1.807) is 48.9 Å². The van der Waals surface area contributed by atoms with Crippen molar-refractivity contribution >= 4 is 23.0 Å². The predicted octanol–water partition coefficient (Wildman–Crippen LogP) is 3.31. The zero-order valence-electron chi connectivity index (χ0n) is 14.7. The minimum atomic E-state index is -0.522. The molecule has 1 aromatic carbocycles. The Morgan fingerprint density at radius 2 is 1.81 bits per heavy atom. The highest BCUT2D eigenvalue weighted by Gasteiger charge is 2.22. The van der Waals surface area contributed by atoms with E-state index in [1.165, 1.54) is 19.2 Å². The lowest BCUT2D eigenvalue weighted by Crippen LogP contribution is -2.19. The molecule has 0 N–H and O–H groups in total. The fraction of sp³-hybridized carbons (Fsp3) is 0.263. The molecule has 0 aliphatic rings. The molecule has 0 bridgehead atoms. The molecule has 3 rings (SSSR count). The Balaban J connectivity index is 2.13. The lowest BCUT2D eigenvalue weighted by Gasteiger charge is -2.10. The van der Waals surface area contributed by atoms with Gasteiger partial charge in [0.2, 0.25) is 0 Å². The predicted molar refractivity (Wildman–Crippen MR) is 93.8 cm³/mol. The van der Waals surface area contributed by atoms with Crippen LogP contribution in [0.5, 0.6) is 0 Å². The molecular weight excluding hydrogens is 339 g/mol. The number of hydrogen-bond donors (Lipinski definition) is 0. The highest BCUT2D eigenvalue weighted by molar-refractivity contribution is 5.96. The molecule has 0 atom stereocenters. The molecule has 2 heterocycles. The van der Waals surface area contributed by atoms with Crippen molar-refractivity contribution in [3.8, 4) is 5.69 Å². The topological polar surface area (TPSA) is 62.5 Å². The minimum absolute atomic E-state index is 0.115. The van der Waals surface area contributed by atoms with E-state index in [-0.39, 0.29) is 24.2 Å². The Kier molecular flexibility index (Phi) is 4.79. The van der Waals surface area contributed by atoms with Crippen LogP contribution in [0.3, 0.4) is 0 Å². The van der Waals surface area contributed by atoms with Crippen LogP contribution < -0.4 is 0 Å². The zero-order chi connectivity index (χ0) is 18.8. The SMILES string of the molecule is COC(=O)Cn1c(C(=O)OC(C)C)cc2c1ccn2-c1ccc(F)cc1. The number of fused-ring (bicyclic) bond motifs is 1. The molecule has 26 heavy (non-hydrogen) atoms. The van der Waals surface area contributed by atoms with Crippen molar-refractivity contribution in [2.75, 3.05) is 7.11 Å². The molecule has 0 saturated heterocycles. The Hall–Kier alpha value is -3.09. The average molecular weight is 358 g/mol. The summed E-state index contributed by atoms with van der Waals surface area (Å²) in [7, 11) is 1.29. The fourth-order valence-electron chi connectivity index (χ4n) is 2.78. The number of benzene rings is 1. The van der Waals surface area contributed by atoms with Crippen LogP contribution in [-0.2, 0) is 20.8 Å². The van der Waals surface area contributed by atoms with Gasteiger partial charge >= 0.3 is 11.9 Å². The quantitative estimate of drug-likeness (QED) is 0.657. The second kappa shape index (κ2) is 7.03. The summed E-state index contributed by atoms with van der Waals surface area (Å²) in [5, 5.41) is 0. The first-order chi connectivity index (χ1) is 12.4. The molecule has 2 aromatic heterocycles. The molecule has 0 aliphatic carbocycles. The number of esters is 2. The zero-order valence-corrected chi connectivity index (χ0v) is 14.7. The minimum Gasteiger partial charge on any atom is -0.468 e. The molecule has 0 fully saturated rings. The third-order valence-electron chi connectivity index (χ3n) is 3.93. The van der Waals surface area contributed by atoms with Crippen LogP contribution in [0.1, 0.15) is 24.3 Å². The third kappa shape index (κ3) is 3.33. The number of hydrogen-bond acceptors (Lipinski definition) is 4. The van der Waals surface area contributed by atoms with E-state index in [0.717, 1.165) is 5.69 Å². The van der Waals surface area contributed by atoms with Crippen molar-refractivity contribution in [1.82, 2.24) is 9.13 Å². The number of rotatable bonds is 5. The second-order valence-corrected chi connectivity index (χ2v) is 6.08. The molecule has 0 amide bonds. The molecule has 136 valence electrons. The van der Waals surface area contributed by atoms with Crippen LogP contribution in [0.2, 0.25) is 0 Å². The van der Waals surface area contributed by atoms with Crippen molar-refractivity contribution < 1.29 is 23.5 Å². The van der Waals surface area contributed by atoms with Crippen LogP contribution in [-0.4, -0.2) is 34.3 Å².